The Balaban J connectivity index is 1.68. The number of ether oxygens (including phenoxy) is 1. The minimum absolute atomic E-state index is 0.546. The SMILES string of the molecule is COCCC1(CNCc2ccn(C)c2)CC1. The van der Waals surface area contributed by atoms with Crippen molar-refractivity contribution in [3.8, 4) is 0 Å². The summed E-state index contributed by atoms with van der Waals surface area (Å²) in [7, 11) is 3.85. The molecular weight excluding hydrogens is 200 g/mol. The Bertz CT molecular complexity index is 328. The van der Waals surface area contributed by atoms with E-state index in [1.54, 1.807) is 7.11 Å². The zero-order chi connectivity index (χ0) is 11.4. The van der Waals surface area contributed by atoms with Crippen molar-refractivity contribution in [2.75, 3.05) is 20.3 Å². The highest BCUT2D eigenvalue weighted by atomic mass is 16.5. The summed E-state index contributed by atoms with van der Waals surface area (Å²) >= 11 is 0. The van der Waals surface area contributed by atoms with Gasteiger partial charge in [-0.1, -0.05) is 0 Å². The molecule has 3 nitrogen and oxygen atoms in total. The number of methoxy groups -OCH3 is 1. The summed E-state index contributed by atoms with van der Waals surface area (Å²) in [5.74, 6) is 0. The van der Waals surface area contributed by atoms with E-state index in [0.717, 1.165) is 19.7 Å². The van der Waals surface area contributed by atoms with Gasteiger partial charge in [0.15, 0.2) is 0 Å². The topological polar surface area (TPSA) is 26.2 Å². The van der Waals surface area contributed by atoms with Crippen LogP contribution < -0.4 is 5.32 Å². The second kappa shape index (κ2) is 5.02. The lowest BCUT2D eigenvalue weighted by Crippen LogP contribution is -2.24. The number of hydrogen-bond donors (Lipinski definition) is 1. The van der Waals surface area contributed by atoms with E-state index in [9.17, 15) is 0 Å². The van der Waals surface area contributed by atoms with Crippen LogP contribution in [0.3, 0.4) is 0 Å². The molecule has 0 amide bonds. The number of nitrogens with zero attached hydrogens (tertiary/aromatic N) is 1. The largest absolute Gasteiger partial charge is 0.385 e. The van der Waals surface area contributed by atoms with E-state index < -0.39 is 0 Å². The molecule has 1 aromatic heterocycles. The molecule has 16 heavy (non-hydrogen) atoms. The molecule has 1 N–H and O–H groups in total. The third kappa shape index (κ3) is 3.09. The van der Waals surface area contributed by atoms with E-state index in [2.05, 4.69) is 35.4 Å². The summed E-state index contributed by atoms with van der Waals surface area (Å²) in [5.41, 5.74) is 1.91. The molecule has 1 heterocycles. The van der Waals surface area contributed by atoms with Crippen LogP contribution in [0, 0.1) is 5.41 Å². The van der Waals surface area contributed by atoms with Crippen LogP contribution in [-0.2, 0) is 18.3 Å². The first kappa shape index (κ1) is 11.7. The molecule has 3 heteroatoms. The van der Waals surface area contributed by atoms with Crippen LogP contribution in [0.4, 0.5) is 0 Å². The Morgan fingerprint density at radius 3 is 2.88 bits per heavy atom. The Labute approximate surface area is 97.8 Å². The molecule has 0 unspecified atom stereocenters. The summed E-state index contributed by atoms with van der Waals surface area (Å²) in [5, 5.41) is 3.56. The van der Waals surface area contributed by atoms with E-state index >= 15 is 0 Å². The fourth-order valence-electron chi connectivity index (χ4n) is 2.15. The monoisotopic (exact) mass is 222 g/mol. The predicted molar refractivity (Wildman–Crippen MR) is 65.3 cm³/mol. The van der Waals surface area contributed by atoms with Gasteiger partial charge in [-0.2, -0.15) is 0 Å². The number of nitrogens with one attached hydrogen (secondary N) is 1. The molecule has 0 saturated heterocycles. The molecule has 0 bridgehead atoms. The van der Waals surface area contributed by atoms with Gasteiger partial charge in [-0.05, 0) is 36.3 Å². The second-order valence-electron chi connectivity index (χ2n) is 5.03. The highest BCUT2D eigenvalue weighted by Crippen LogP contribution is 2.48. The van der Waals surface area contributed by atoms with Gasteiger partial charge in [0.25, 0.3) is 0 Å². The van der Waals surface area contributed by atoms with Crippen LogP contribution in [-0.4, -0.2) is 24.8 Å². The zero-order valence-corrected chi connectivity index (χ0v) is 10.3. The molecule has 1 saturated carbocycles. The normalized spacial score (nSPS) is 17.6. The maximum atomic E-state index is 5.15. The van der Waals surface area contributed by atoms with E-state index in [0.29, 0.717) is 5.41 Å². The van der Waals surface area contributed by atoms with Crippen molar-refractivity contribution in [3.63, 3.8) is 0 Å². The quantitative estimate of drug-likeness (QED) is 0.763. The third-order valence-corrected chi connectivity index (χ3v) is 3.52. The van der Waals surface area contributed by atoms with Crippen LogP contribution >= 0.6 is 0 Å². The maximum Gasteiger partial charge on any atom is 0.0468 e. The van der Waals surface area contributed by atoms with Gasteiger partial charge < -0.3 is 14.6 Å². The molecule has 0 atom stereocenters. The van der Waals surface area contributed by atoms with Gasteiger partial charge in [0.2, 0.25) is 0 Å². The second-order valence-corrected chi connectivity index (χ2v) is 5.03. The third-order valence-electron chi connectivity index (χ3n) is 3.52. The van der Waals surface area contributed by atoms with E-state index in [-0.39, 0.29) is 0 Å². The van der Waals surface area contributed by atoms with Crippen LogP contribution in [0.5, 0.6) is 0 Å². The van der Waals surface area contributed by atoms with Crippen LogP contribution in [0.1, 0.15) is 24.8 Å². The van der Waals surface area contributed by atoms with Crippen molar-refractivity contribution in [3.05, 3.63) is 24.0 Å². The molecule has 2 rings (SSSR count). The van der Waals surface area contributed by atoms with Crippen LogP contribution in [0.15, 0.2) is 18.5 Å². The predicted octanol–water partition coefficient (Wildman–Crippen LogP) is 1.93. The van der Waals surface area contributed by atoms with Crippen LogP contribution in [0.25, 0.3) is 0 Å². The van der Waals surface area contributed by atoms with Crippen molar-refractivity contribution in [2.45, 2.75) is 25.8 Å². The molecule has 1 fully saturated rings. The molecule has 90 valence electrons. The van der Waals surface area contributed by atoms with E-state index in [1.807, 2.05) is 0 Å². The molecule has 1 aliphatic carbocycles. The molecule has 0 spiro atoms. The summed E-state index contributed by atoms with van der Waals surface area (Å²) in [4.78, 5) is 0. The maximum absolute atomic E-state index is 5.15. The Morgan fingerprint density at radius 1 is 1.50 bits per heavy atom. The molecule has 0 radical (unpaired) electrons. The smallest absolute Gasteiger partial charge is 0.0468 e. The van der Waals surface area contributed by atoms with Gasteiger partial charge in [0.1, 0.15) is 0 Å². The van der Waals surface area contributed by atoms with Gasteiger partial charge in [0.05, 0.1) is 0 Å². The first-order valence-corrected chi connectivity index (χ1v) is 6.05. The van der Waals surface area contributed by atoms with E-state index in [1.165, 1.54) is 24.8 Å². The standard InChI is InChI=1S/C13H22N2O/c1-15-7-3-12(10-15)9-14-11-13(4-5-13)6-8-16-2/h3,7,10,14H,4-6,8-9,11H2,1-2H3. The lowest BCUT2D eigenvalue weighted by atomic mass is 10.0. The summed E-state index contributed by atoms with van der Waals surface area (Å²) in [6.45, 7) is 3.01. The minimum atomic E-state index is 0.546. The van der Waals surface area contributed by atoms with Crippen molar-refractivity contribution in [1.82, 2.24) is 9.88 Å². The first-order valence-electron chi connectivity index (χ1n) is 6.05. The lowest BCUT2D eigenvalue weighted by molar-refractivity contribution is 0.171. The highest BCUT2D eigenvalue weighted by molar-refractivity contribution is 5.09. The fraction of sp³-hybridized carbons (Fsp3) is 0.692. The average Bonchev–Trinajstić information content (AvgIpc) is 2.92. The first-order chi connectivity index (χ1) is 7.74. The lowest BCUT2D eigenvalue weighted by Gasteiger charge is -2.15. The van der Waals surface area contributed by atoms with Crippen molar-refractivity contribution < 1.29 is 4.74 Å². The van der Waals surface area contributed by atoms with E-state index in [4.69, 9.17) is 4.74 Å². The van der Waals surface area contributed by atoms with Crippen molar-refractivity contribution in [1.29, 1.82) is 0 Å². The van der Waals surface area contributed by atoms with Gasteiger partial charge in [0, 0.05) is 46.2 Å². The number of aromatic nitrogens is 1. The molecule has 0 aromatic carbocycles. The highest BCUT2D eigenvalue weighted by Gasteiger charge is 2.41. The molecule has 1 aromatic rings. The summed E-state index contributed by atoms with van der Waals surface area (Å²) in [6, 6.07) is 2.17. The Kier molecular flexibility index (Phi) is 3.66. The van der Waals surface area contributed by atoms with Gasteiger partial charge in [-0.15, -0.1) is 0 Å². The van der Waals surface area contributed by atoms with Crippen LogP contribution in [0.2, 0.25) is 0 Å². The Hall–Kier alpha value is -0.800. The molecule has 1 aliphatic rings. The molecular formula is C13H22N2O. The van der Waals surface area contributed by atoms with Crippen molar-refractivity contribution in [2.24, 2.45) is 12.5 Å². The number of rotatable bonds is 7. The van der Waals surface area contributed by atoms with Crippen molar-refractivity contribution >= 4 is 0 Å². The average molecular weight is 222 g/mol. The van der Waals surface area contributed by atoms with Gasteiger partial charge >= 0.3 is 0 Å². The molecule has 0 aliphatic heterocycles. The fourth-order valence-corrected chi connectivity index (χ4v) is 2.15. The minimum Gasteiger partial charge on any atom is -0.385 e. The number of aryl methyl sites for hydroxylation is 1. The summed E-state index contributed by atoms with van der Waals surface area (Å²) in [6.07, 6.45) is 8.18. The van der Waals surface area contributed by atoms with Gasteiger partial charge in [-0.25, -0.2) is 0 Å². The zero-order valence-electron chi connectivity index (χ0n) is 10.3. The summed E-state index contributed by atoms with van der Waals surface area (Å²) < 4.78 is 7.25. The Morgan fingerprint density at radius 2 is 2.31 bits per heavy atom. The number of hydrogen-bond acceptors (Lipinski definition) is 2. The van der Waals surface area contributed by atoms with Gasteiger partial charge in [-0.3, -0.25) is 0 Å².